The van der Waals surface area contributed by atoms with Gasteiger partial charge in [-0.25, -0.2) is 0 Å². The van der Waals surface area contributed by atoms with Crippen molar-refractivity contribution in [1.29, 1.82) is 0 Å². The van der Waals surface area contributed by atoms with Crippen LogP contribution in [0.15, 0.2) is 150 Å². The van der Waals surface area contributed by atoms with E-state index in [9.17, 15) is 19.5 Å². The highest BCUT2D eigenvalue weighted by atomic mass is 35.5. The first-order valence-electron chi connectivity index (χ1n) is 16.1. The van der Waals surface area contributed by atoms with Crippen molar-refractivity contribution in [2.45, 2.75) is 4.90 Å². The average molecular weight is 742 g/mol. The number of aromatic hydroxyl groups is 1. The summed E-state index contributed by atoms with van der Waals surface area (Å²) in [6, 6.07) is 40.8. The fraction of sp³-hybridized carbons (Fsp3) is 0. The number of hydrogen-bond acceptors (Lipinski definition) is 8. The highest BCUT2D eigenvalue weighted by Gasteiger charge is 2.18. The van der Waals surface area contributed by atoms with Crippen LogP contribution in [0.1, 0.15) is 31.1 Å². The van der Waals surface area contributed by atoms with Crippen LogP contribution in [0, 0.1) is 0 Å². The number of anilines is 3. The molecule has 0 aliphatic heterocycles. The Labute approximate surface area is 312 Å². The van der Waals surface area contributed by atoms with Crippen molar-refractivity contribution in [1.82, 2.24) is 0 Å². The lowest BCUT2D eigenvalue weighted by Gasteiger charge is -2.14. The maximum absolute atomic E-state index is 13.9. The Hall–Kier alpha value is -6.37. The topological polar surface area (TPSA) is 135 Å². The van der Waals surface area contributed by atoms with E-state index in [2.05, 4.69) is 16.0 Å². The van der Waals surface area contributed by atoms with Gasteiger partial charge in [0.1, 0.15) is 5.75 Å². The molecule has 0 heterocycles. The van der Waals surface area contributed by atoms with Crippen LogP contribution in [0.25, 0.3) is 21.5 Å². The highest BCUT2D eigenvalue weighted by Crippen LogP contribution is 2.31. The summed E-state index contributed by atoms with van der Waals surface area (Å²) in [7, 11) is 0. The number of nitrogens with one attached hydrogen (secondary N) is 3. The smallest absolute Gasteiger partial charge is 0.255 e. The van der Waals surface area contributed by atoms with Crippen molar-refractivity contribution in [2.24, 2.45) is 0 Å². The summed E-state index contributed by atoms with van der Waals surface area (Å²) in [5.74, 6) is -0.929. The SMILES string of the molecule is O=C(Nc1cc(C(=O)Nc2cccc3cc(O)ccc23)cc(C(=O)Nc2cccc3cc(SOOOc4ccccc4)ccc23)c1)c1cccc(Cl)c1. The van der Waals surface area contributed by atoms with Crippen LogP contribution in [0.5, 0.6) is 11.5 Å². The molecule has 0 unspecified atom stereocenters. The maximum atomic E-state index is 13.9. The summed E-state index contributed by atoms with van der Waals surface area (Å²) in [4.78, 5) is 46.6. The third-order valence-corrected chi connectivity index (χ3v) is 8.85. The quantitative estimate of drug-likeness (QED) is 0.0445. The fourth-order valence-electron chi connectivity index (χ4n) is 5.57. The predicted octanol–water partition coefficient (Wildman–Crippen LogP) is 10.1. The first-order valence-corrected chi connectivity index (χ1v) is 17.2. The second kappa shape index (κ2) is 15.9. The Kier molecular flexibility index (Phi) is 10.5. The van der Waals surface area contributed by atoms with Gasteiger partial charge in [-0.2, -0.15) is 0 Å². The number of hydrogen-bond donors (Lipinski definition) is 4. The lowest BCUT2D eigenvalue weighted by molar-refractivity contribution is -0.403. The average Bonchev–Trinajstić information content (AvgIpc) is 3.16. The minimum Gasteiger partial charge on any atom is -0.508 e. The first kappa shape index (κ1) is 35.1. The number of carbonyl (C=O) groups excluding carboxylic acids is 3. The Balaban J connectivity index is 1.13. The summed E-state index contributed by atoms with van der Waals surface area (Å²) in [6.45, 7) is 0. The second-order valence-corrected chi connectivity index (χ2v) is 12.9. The summed E-state index contributed by atoms with van der Waals surface area (Å²) < 4.78 is 5.14. The molecule has 0 saturated heterocycles. The molecule has 0 fully saturated rings. The monoisotopic (exact) mass is 741 g/mol. The van der Waals surface area contributed by atoms with Crippen molar-refractivity contribution >= 4 is 80.0 Å². The van der Waals surface area contributed by atoms with E-state index in [1.807, 2.05) is 30.3 Å². The Morgan fingerprint density at radius 2 is 1.19 bits per heavy atom. The molecule has 0 aliphatic rings. The van der Waals surface area contributed by atoms with Crippen molar-refractivity contribution in [3.63, 3.8) is 0 Å². The normalized spacial score (nSPS) is 10.9. The number of para-hydroxylation sites is 1. The van der Waals surface area contributed by atoms with Gasteiger partial charge in [0.05, 0.1) is 12.0 Å². The molecular weight excluding hydrogens is 714 g/mol. The summed E-state index contributed by atoms with van der Waals surface area (Å²) in [5.41, 5.74) is 1.77. The van der Waals surface area contributed by atoms with Crippen molar-refractivity contribution in [3.8, 4) is 11.5 Å². The Morgan fingerprint density at radius 3 is 1.87 bits per heavy atom. The van der Waals surface area contributed by atoms with Crippen LogP contribution in [0.2, 0.25) is 5.02 Å². The molecule has 0 aromatic heterocycles. The minimum absolute atomic E-state index is 0.0959. The number of phenols is 1. The van der Waals surface area contributed by atoms with Gasteiger partial charge in [-0.05, 0) is 107 Å². The molecule has 7 aromatic carbocycles. The molecule has 0 bridgehead atoms. The largest absolute Gasteiger partial charge is 0.508 e. The van der Waals surface area contributed by atoms with Gasteiger partial charge in [0.25, 0.3) is 17.7 Å². The lowest BCUT2D eigenvalue weighted by Crippen LogP contribution is -2.18. The summed E-state index contributed by atoms with van der Waals surface area (Å²) >= 11 is 7.07. The van der Waals surface area contributed by atoms with E-state index in [1.54, 1.807) is 84.9 Å². The van der Waals surface area contributed by atoms with Crippen LogP contribution in [0.4, 0.5) is 17.1 Å². The minimum atomic E-state index is -0.519. The van der Waals surface area contributed by atoms with Crippen molar-refractivity contribution in [3.05, 3.63) is 167 Å². The van der Waals surface area contributed by atoms with Gasteiger partial charge >= 0.3 is 0 Å². The number of benzene rings is 7. The summed E-state index contributed by atoms with van der Waals surface area (Å²) in [5, 5.41) is 26.8. The van der Waals surface area contributed by atoms with Gasteiger partial charge in [-0.15, -0.1) is 4.33 Å². The summed E-state index contributed by atoms with van der Waals surface area (Å²) in [6.07, 6.45) is 0. The number of fused-ring (bicyclic) bond motifs is 2. The van der Waals surface area contributed by atoms with E-state index in [4.69, 9.17) is 25.9 Å². The van der Waals surface area contributed by atoms with E-state index < -0.39 is 17.7 Å². The van der Waals surface area contributed by atoms with E-state index in [-0.39, 0.29) is 22.6 Å². The number of carbonyl (C=O) groups is 3. The van der Waals surface area contributed by atoms with Gasteiger partial charge < -0.3 is 25.9 Å². The van der Waals surface area contributed by atoms with Gasteiger partial charge in [-0.3, -0.25) is 14.4 Å². The highest BCUT2D eigenvalue weighted by molar-refractivity contribution is 7.94. The number of amides is 3. The van der Waals surface area contributed by atoms with Crippen LogP contribution < -0.4 is 20.8 Å². The molecule has 12 heteroatoms. The van der Waals surface area contributed by atoms with E-state index in [1.165, 1.54) is 30.3 Å². The molecule has 0 radical (unpaired) electrons. The van der Waals surface area contributed by atoms with E-state index >= 15 is 0 Å². The Bertz CT molecular complexity index is 2500. The standard InChI is InChI=1S/C41H28ClN3O7S/c42-30-10-4-9-27(20-30)39(47)43-31-21-28(40(48)44-37-13-5-7-25-23-32(46)15-17-35(25)37)19-29(22-31)41(49)45-38-14-6-8-26-24-34(16-18-36(26)38)53-52-51-50-33-11-2-1-3-12-33/h1-24,46H,(H,43,47)(H,44,48)(H,45,49). The molecule has 4 N–H and O–H groups in total. The molecule has 0 saturated carbocycles. The number of halogens is 1. The molecule has 3 amide bonds. The van der Waals surface area contributed by atoms with Gasteiger partial charge in [-0.1, -0.05) is 66.2 Å². The third kappa shape index (κ3) is 8.58. The fourth-order valence-corrected chi connectivity index (χ4v) is 6.19. The number of rotatable bonds is 11. The van der Waals surface area contributed by atoms with E-state index in [0.717, 1.165) is 33.1 Å². The Morgan fingerprint density at radius 1 is 0.566 bits per heavy atom. The molecule has 7 rings (SSSR count). The zero-order valence-corrected chi connectivity index (χ0v) is 29.1. The van der Waals surface area contributed by atoms with Crippen molar-refractivity contribution in [2.75, 3.05) is 16.0 Å². The van der Waals surface area contributed by atoms with Crippen LogP contribution in [-0.2, 0) is 9.37 Å². The van der Waals surface area contributed by atoms with E-state index in [0.29, 0.717) is 33.1 Å². The number of phenolic OH excluding ortho intramolecular Hbond substituents is 1. The molecular formula is C41H28ClN3O7S. The van der Waals surface area contributed by atoms with Gasteiger partial charge in [0, 0.05) is 54.4 Å². The third-order valence-electron chi connectivity index (χ3n) is 8.05. The molecule has 0 aliphatic carbocycles. The van der Waals surface area contributed by atoms with Crippen LogP contribution in [-0.4, -0.2) is 22.8 Å². The molecule has 262 valence electrons. The first-order chi connectivity index (χ1) is 25.8. The van der Waals surface area contributed by atoms with Gasteiger partial charge in [0.2, 0.25) is 0 Å². The maximum Gasteiger partial charge on any atom is 0.255 e. The predicted molar refractivity (Wildman–Crippen MR) is 206 cm³/mol. The van der Waals surface area contributed by atoms with Crippen molar-refractivity contribution < 1.29 is 33.7 Å². The molecule has 0 atom stereocenters. The zero-order chi connectivity index (χ0) is 36.7. The van der Waals surface area contributed by atoms with Gasteiger partial charge in [0.15, 0.2) is 5.75 Å². The lowest BCUT2D eigenvalue weighted by atomic mass is 10.0. The van der Waals surface area contributed by atoms with Crippen LogP contribution >= 0.6 is 23.6 Å². The molecule has 53 heavy (non-hydrogen) atoms. The second-order valence-electron chi connectivity index (χ2n) is 11.7. The molecule has 0 spiro atoms. The van der Waals surface area contributed by atoms with Crippen LogP contribution in [0.3, 0.4) is 0 Å². The zero-order valence-electron chi connectivity index (χ0n) is 27.5. The molecule has 7 aromatic rings. The molecule has 10 nitrogen and oxygen atoms in total.